The minimum atomic E-state index is -2.13. The number of hydrogen-bond donors (Lipinski definition) is 1. The van der Waals surface area contributed by atoms with Crippen LogP contribution in [0.1, 0.15) is 92.8 Å². The molecule has 0 bridgehead atoms. The molecular weight excluding hydrogens is 812 g/mol. The average molecular weight is 865 g/mol. The van der Waals surface area contributed by atoms with E-state index < -0.39 is 13.3 Å². The molecule has 251 valence electrons. The van der Waals surface area contributed by atoms with Crippen molar-refractivity contribution in [2.45, 2.75) is 104 Å². The molecule has 0 fully saturated rings. The smallest absolute Gasteiger partial charge is 0.164 e. The van der Waals surface area contributed by atoms with Crippen molar-refractivity contribution < 1.29 is 34.4 Å². The fraction of sp³-hybridized carbons (Fsp3) is 0.462. The molecule has 0 aliphatic rings. The van der Waals surface area contributed by atoms with E-state index in [1.165, 1.54) is 33.4 Å². The van der Waals surface area contributed by atoms with Gasteiger partial charge in [-0.1, -0.05) is 41.5 Å². The van der Waals surface area contributed by atoms with Gasteiger partial charge in [-0.25, -0.2) is 0 Å². The fourth-order valence-corrected chi connectivity index (χ4v) is 8.68. The molecule has 4 aromatic rings. The van der Waals surface area contributed by atoms with Gasteiger partial charge < -0.3 is 5.11 Å². The minimum Gasteiger partial charge on any atom is -0.512 e. The van der Waals surface area contributed by atoms with Gasteiger partial charge >= 0.3 is 168 Å². The van der Waals surface area contributed by atoms with Crippen molar-refractivity contribution >= 4 is 45.1 Å². The molecule has 3 aromatic carbocycles. The van der Waals surface area contributed by atoms with Crippen LogP contribution in [0.3, 0.4) is 0 Å². The first-order chi connectivity index (χ1) is 21.0. The summed E-state index contributed by atoms with van der Waals surface area (Å²) >= 11 is -2.13. The first kappa shape index (κ1) is 39.8. The Kier molecular flexibility index (Phi) is 13.9. The molecule has 1 N–H and O–H groups in total. The predicted octanol–water partition coefficient (Wildman–Crippen LogP) is 10.7. The van der Waals surface area contributed by atoms with Gasteiger partial charge in [0.2, 0.25) is 0 Å². The number of aromatic nitrogens is 2. The number of fused-ring (bicyclic) bond motifs is 3. The molecule has 0 saturated heterocycles. The molecule has 0 amide bonds. The number of allylic oxidation sites excluding steroid dienone is 2. The normalized spacial score (nSPS) is 12.6. The number of ketones is 1. The minimum absolute atomic E-state index is 0. The van der Waals surface area contributed by atoms with Crippen molar-refractivity contribution in [1.29, 1.82) is 0 Å². The number of carbonyl (C=O) groups is 1. The topological polar surface area (TPSA) is 63.1 Å². The summed E-state index contributed by atoms with van der Waals surface area (Å²) in [6, 6.07) is 18.5. The summed E-state index contributed by atoms with van der Waals surface area (Å²) in [4.78, 5) is 22.0. The van der Waals surface area contributed by atoms with Crippen LogP contribution in [0, 0.1) is 22.7 Å². The third-order valence-electron chi connectivity index (χ3n) is 9.68. The molecular formula is C39H52FGeIrN2O2-. The Morgan fingerprint density at radius 1 is 0.935 bits per heavy atom. The van der Waals surface area contributed by atoms with Crippen LogP contribution < -0.4 is 4.40 Å². The second kappa shape index (κ2) is 16.1. The van der Waals surface area contributed by atoms with Gasteiger partial charge in [0, 0.05) is 37.0 Å². The van der Waals surface area contributed by atoms with E-state index in [9.17, 15) is 14.3 Å². The van der Waals surface area contributed by atoms with Gasteiger partial charge in [-0.05, 0) is 25.7 Å². The summed E-state index contributed by atoms with van der Waals surface area (Å²) in [5.41, 5.74) is 2.02. The summed E-state index contributed by atoms with van der Waals surface area (Å²) < 4.78 is 14.9. The van der Waals surface area contributed by atoms with Gasteiger partial charge in [-0.15, -0.1) is 0 Å². The summed E-state index contributed by atoms with van der Waals surface area (Å²) in [5.74, 6) is 8.23. The second-order valence-corrected chi connectivity index (χ2v) is 24.6. The molecule has 1 heterocycles. The molecule has 0 unspecified atom stereocenters. The number of nitrogens with zero attached hydrogens (tertiary/aromatic N) is 2. The van der Waals surface area contributed by atoms with E-state index in [1.54, 1.807) is 6.07 Å². The zero-order valence-electron chi connectivity index (χ0n) is 29.6. The van der Waals surface area contributed by atoms with Gasteiger partial charge in [0.25, 0.3) is 0 Å². The molecule has 0 aliphatic heterocycles. The van der Waals surface area contributed by atoms with Crippen molar-refractivity contribution in [2.24, 2.45) is 10.8 Å². The Labute approximate surface area is 292 Å². The molecule has 0 aliphatic carbocycles. The number of hydrogen-bond acceptors (Lipinski definition) is 4. The predicted molar refractivity (Wildman–Crippen MR) is 191 cm³/mol. The van der Waals surface area contributed by atoms with Crippen LogP contribution in [-0.2, 0) is 24.9 Å². The van der Waals surface area contributed by atoms with Crippen LogP contribution in [0.25, 0.3) is 32.9 Å². The zero-order valence-corrected chi connectivity index (χ0v) is 34.1. The Hall–Kier alpha value is -2.41. The first-order valence-corrected chi connectivity index (χ1v) is 23.8. The molecule has 4 nitrogen and oxygen atoms in total. The van der Waals surface area contributed by atoms with Crippen molar-refractivity contribution in [3.8, 4) is 11.3 Å². The Morgan fingerprint density at radius 2 is 1.54 bits per heavy atom. The van der Waals surface area contributed by atoms with Crippen LogP contribution in [0.4, 0.5) is 4.39 Å². The van der Waals surface area contributed by atoms with Gasteiger partial charge in [0.1, 0.15) is 5.76 Å². The molecule has 0 spiro atoms. The van der Waals surface area contributed by atoms with Crippen molar-refractivity contribution in [2.75, 3.05) is 0 Å². The monoisotopic (exact) mass is 866 g/mol. The number of halogens is 1. The molecule has 4 rings (SSSR count). The van der Waals surface area contributed by atoms with Crippen molar-refractivity contribution in [1.82, 2.24) is 9.97 Å². The first-order valence-electron chi connectivity index (χ1n) is 16.4. The number of benzene rings is 3. The van der Waals surface area contributed by atoms with E-state index >= 15 is 0 Å². The zero-order chi connectivity index (χ0) is 33.7. The average Bonchev–Trinajstić information content (AvgIpc) is 3.03. The summed E-state index contributed by atoms with van der Waals surface area (Å²) in [5, 5.41) is 13.6. The van der Waals surface area contributed by atoms with E-state index in [0.29, 0.717) is 0 Å². The van der Waals surface area contributed by atoms with Gasteiger partial charge in [0.05, 0.1) is 0 Å². The van der Waals surface area contributed by atoms with E-state index in [-0.39, 0.29) is 54.2 Å². The largest absolute Gasteiger partial charge is 0.512 e. The van der Waals surface area contributed by atoms with E-state index in [2.05, 4.69) is 67.5 Å². The maximum Gasteiger partial charge on any atom is 0.164 e. The molecule has 1 radical (unpaired) electrons. The standard InChI is InChI=1S/C24H24FGeN2.C15H28O2.Ir/c1-15(2)24-27-22(17-9-12-18(25)13-10-17)19-14-11-16-7-6-8-20(26(3,4)5)21(16)23(19)28-24;1-7-14(5,8-2)12(16)11-13(17)15(6,9-3)10-4;/h6-9,11-15H,1-5H3;11,16H,7-10H2,1-6H3;/q-1;;/b;12-11-;. The third kappa shape index (κ3) is 8.73. The van der Waals surface area contributed by atoms with Gasteiger partial charge in [0.15, 0.2) is 5.78 Å². The Bertz CT molecular complexity index is 1670. The van der Waals surface area contributed by atoms with Gasteiger partial charge in [-0.2, -0.15) is 0 Å². The van der Waals surface area contributed by atoms with Crippen LogP contribution in [0.5, 0.6) is 0 Å². The number of aliphatic hydroxyl groups excluding tert-OH is 1. The third-order valence-corrected chi connectivity index (χ3v) is 13.9. The summed E-state index contributed by atoms with van der Waals surface area (Å²) in [7, 11) is 0. The SMILES string of the molecule is CC(C)c1nc(-c2[c-]cc(F)cc2)c2ccc3ccc[c]([Ge]([CH3])([CH3])[CH3])c3c2n1.CCC(C)(CC)C(=O)/C=C(\O)C(C)(CC)CC.[Ir]. The number of carbonyl (C=O) groups excluding carboxylic acids is 1. The van der Waals surface area contributed by atoms with E-state index in [4.69, 9.17) is 9.97 Å². The van der Waals surface area contributed by atoms with Gasteiger partial charge in [-0.3, -0.25) is 4.79 Å². The Balaban J connectivity index is 0.000000356. The fourth-order valence-electron chi connectivity index (χ4n) is 5.31. The molecule has 0 atom stereocenters. The van der Waals surface area contributed by atoms with Crippen molar-refractivity contribution in [3.63, 3.8) is 0 Å². The molecule has 0 saturated carbocycles. The molecule has 7 heteroatoms. The maximum absolute atomic E-state index is 13.5. The van der Waals surface area contributed by atoms with Crippen LogP contribution in [-0.4, -0.2) is 34.1 Å². The number of aliphatic hydroxyl groups is 1. The van der Waals surface area contributed by atoms with E-state index in [1.807, 2.05) is 41.5 Å². The van der Waals surface area contributed by atoms with E-state index in [0.717, 1.165) is 53.7 Å². The molecule has 46 heavy (non-hydrogen) atoms. The van der Waals surface area contributed by atoms with Crippen LogP contribution in [0.2, 0.25) is 17.3 Å². The quantitative estimate of drug-likeness (QED) is 0.0567. The van der Waals surface area contributed by atoms with Crippen molar-refractivity contribution in [3.05, 3.63) is 78.1 Å². The second-order valence-electron chi connectivity index (χ2n) is 14.1. The van der Waals surface area contributed by atoms with Crippen LogP contribution in [0.15, 0.2) is 60.4 Å². The summed E-state index contributed by atoms with van der Waals surface area (Å²) in [6.45, 7) is 16.3. The Morgan fingerprint density at radius 3 is 2.04 bits per heavy atom. The summed E-state index contributed by atoms with van der Waals surface area (Å²) in [6.07, 6.45) is 4.75. The molecule has 1 aromatic heterocycles. The van der Waals surface area contributed by atoms with Crippen LogP contribution >= 0.6 is 0 Å². The number of rotatable bonds is 10. The maximum atomic E-state index is 13.5.